The molecule has 0 radical (unpaired) electrons. The Hall–Kier alpha value is -0.500. The zero-order valence-corrected chi connectivity index (χ0v) is 6.27. The summed E-state index contributed by atoms with van der Waals surface area (Å²) in [6, 6.07) is 7.03. The average molecular weight is 189 g/mol. The zero-order valence-electron chi connectivity index (χ0n) is 7.69. The van der Waals surface area contributed by atoms with Gasteiger partial charge >= 0.3 is 0 Å². The van der Waals surface area contributed by atoms with Crippen molar-refractivity contribution in [3.05, 3.63) is 28.7 Å². The van der Waals surface area contributed by atoms with Crippen LogP contribution in [0.5, 0.6) is 0 Å². The van der Waals surface area contributed by atoms with Gasteiger partial charge in [0.1, 0.15) is 0 Å². The number of nitrogens with one attached hydrogen (secondary N) is 1. The second-order valence-corrected chi connectivity index (χ2v) is 2.55. The highest BCUT2D eigenvalue weighted by atomic mass is 79.9. The molecule has 0 amide bonds. The van der Waals surface area contributed by atoms with E-state index >= 15 is 0 Å². The van der Waals surface area contributed by atoms with Gasteiger partial charge < -0.3 is 5.32 Å². The molecule has 1 nitrogen and oxygen atoms in total. The Morgan fingerprint density at radius 1 is 1.67 bits per heavy atom. The maximum atomic E-state index is 6.95. The van der Waals surface area contributed by atoms with Crippen LogP contribution < -0.4 is 5.32 Å². The summed E-state index contributed by atoms with van der Waals surface area (Å²) in [6.07, 6.45) is 0. The van der Waals surface area contributed by atoms with Gasteiger partial charge in [0.15, 0.2) is 0 Å². The maximum Gasteiger partial charge on any atom is 0.0453 e. The Morgan fingerprint density at radius 3 is 3.22 bits per heavy atom. The van der Waals surface area contributed by atoms with E-state index in [0.29, 0.717) is 5.69 Å². The van der Waals surface area contributed by atoms with Crippen molar-refractivity contribution in [2.24, 2.45) is 0 Å². The Balaban J connectivity index is 2.77. The number of rotatable bonds is 1. The minimum Gasteiger partial charge on any atom is -0.388 e. The number of anilines is 1. The summed E-state index contributed by atoms with van der Waals surface area (Å²) < 4.78 is 21.7. The van der Waals surface area contributed by atoms with Crippen LogP contribution in [-0.4, -0.2) is 6.98 Å². The number of hydrogen-bond donors (Lipinski definition) is 1. The molecule has 1 aromatic carbocycles. The number of benzene rings is 1. The van der Waals surface area contributed by atoms with E-state index in [-0.39, 0.29) is 0 Å². The molecular weight excluding hydrogens is 178 g/mol. The second-order valence-electron chi connectivity index (χ2n) is 1.64. The molecule has 9 heavy (non-hydrogen) atoms. The topological polar surface area (TPSA) is 12.0 Å². The van der Waals surface area contributed by atoms with Crippen molar-refractivity contribution in [1.29, 1.82) is 0 Å². The minimum absolute atomic E-state index is 0.587. The molecule has 0 bridgehead atoms. The van der Waals surface area contributed by atoms with E-state index in [9.17, 15) is 0 Å². The monoisotopic (exact) mass is 188 g/mol. The summed E-state index contributed by atoms with van der Waals surface area (Å²) in [5.41, 5.74) is 0.587. The van der Waals surface area contributed by atoms with Crippen LogP contribution in [0.4, 0.5) is 5.69 Å². The summed E-state index contributed by atoms with van der Waals surface area (Å²) in [5.74, 6) is 0. The smallest absolute Gasteiger partial charge is 0.0453 e. The predicted octanol–water partition coefficient (Wildman–Crippen LogP) is 2.49. The first-order chi connectivity index (χ1) is 5.47. The molecule has 0 unspecified atom stereocenters. The van der Waals surface area contributed by atoms with Crippen molar-refractivity contribution < 1.29 is 4.11 Å². The third-order valence-electron chi connectivity index (χ3n) is 0.969. The van der Waals surface area contributed by atoms with E-state index < -0.39 is 6.98 Å². The average Bonchev–Trinajstić information content (AvgIpc) is 1.82. The Bertz CT molecular complexity index is 272. The lowest BCUT2D eigenvalue weighted by atomic mass is 10.3. The van der Waals surface area contributed by atoms with Gasteiger partial charge in [-0.05, 0) is 18.2 Å². The van der Waals surface area contributed by atoms with Gasteiger partial charge in [0.2, 0.25) is 0 Å². The first kappa shape index (κ1) is 3.62. The van der Waals surface area contributed by atoms with Crippen LogP contribution in [0.15, 0.2) is 28.7 Å². The first-order valence-electron chi connectivity index (χ1n) is 4.01. The number of halogens is 1. The fourth-order valence-electron chi connectivity index (χ4n) is 0.566. The number of hydrogen-bond acceptors (Lipinski definition) is 1. The standard InChI is InChI=1S/C7H8BrN/c1-9-7-4-2-3-6(8)5-7/h2-5,9H,1H3/i1D3. The van der Waals surface area contributed by atoms with Crippen LogP contribution in [0.25, 0.3) is 0 Å². The predicted molar refractivity (Wildman–Crippen MR) is 43.7 cm³/mol. The molecule has 1 N–H and O–H groups in total. The Labute approximate surface area is 67.4 Å². The first-order valence-corrected chi connectivity index (χ1v) is 3.30. The highest BCUT2D eigenvalue weighted by Gasteiger charge is 1.86. The van der Waals surface area contributed by atoms with Crippen molar-refractivity contribution in [2.75, 3.05) is 12.3 Å². The molecule has 48 valence electrons. The molecule has 1 aromatic rings. The summed E-state index contributed by atoms with van der Waals surface area (Å²) in [6.45, 7) is -2.12. The summed E-state index contributed by atoms with van der Waals surface area (Å²) in [4.78, 5) is 0. The summed E-state index contributed by atoms with van der Waals surface area (Å²) in [5, 5.41) is 2.39. The van der Waals surface area contributed by atoms with Crippen molar-refractivity contribution in [3.8, 4) is 0 Å². The van der Waals surface area contributed by atoms with Gasteiger partial charge in [-0.15, -0.1) is 0 Å². The quantitative estimate of drug-likeness (QED) is 0.715. The van der Waals surface area contributed by atoms with E-state index in [1.54, 1.807) is 18.2 Å². The molecule has 0 atom stereocenters. The zero-order chi connectivity index (χ0) is 9.19. The highest BCUT2D eigenvalue weighted by Crippen LogP contribution is 2.14. The molecule has 0 aliphatic carbocycles. The maximum absolute atomic E-state index is 6.95. The third-order valence-corrected chi connectivity index (χ3v) is 1.46. The van der Waals surface area contributed by atoms with Gasteiger partial charge in [0, 0.05) is 21.2 Å². The van der Waals surface area contributed by atoms with Crippen molar-refractivity contribution >= 4 is 21.6 Å². The fourth-order valence-corrected chi connectivity index (χ4v) is 0.965. The van der Waals surface area contributed by atoms with Gasteiger partial charge in [-0.2, -0.15) is 0 Å². The molecule has 0 fully saturated rings. The third kappa shape index (κ3) is 1.72. The van der Waals surface area contributed by atoms with E-state index in [1.807, 2.05) is 6.07 Å². The molecule has 0 saturated heterocycles. The van der Waals surface area contributed by atoms with Crippen molar-refractivity contribution in [1.82, 2.24) is 0 Å². The lowest BCUT2D eigenvalue weighted by Gasteiger charge is -1.97. The van der Waals surface area contributed by atoms with Gasteiger partial charge in [-0.25, -0.2) is 0 Å². The van der Waals surface area contributed by atoms with Crippen LogP contribution in [0.1, 0.15) is 4.11 Å². The van der Waals surface area contributed by atoms with Gasteiger partial charge in [0.25, 0.3) is 0 Å². The van der Waals surface area contributed by atoms with Crippen molar-refractivity contribution in [2.45, 2.75) is 0 Å². The van der Waals surface area contributed by atoms with Gasteiger partial charge in [0.05, 0.1) is 0 Å². The van der Waals surface area contributed by atoms with E-state index in [2.05, 4.69) is 21.2 Å². The van der Waals surface area contributed by atoms with Crippen LogP contribution in [0.2, 0.25) is 0 Å². The second kappa shape index (κ2) is 2.87. The SMILES string of the molecule is [2H]C([2H])([2H])Nc1cccc(Br)c1. The van der Waals surface area contributed by atoms with Crippen LogP contribution in [0.3, 0.4) is 0 Å². The van der Waals surface area contributed by atoms with Gasteiger partial charge in [-0.3, -0.25) is 0 Å². The normalized spacial score (nSPS) is 15.4. The molecule has 0 spiro atoms. The molecule has 0 aliphatic heterocycles. The van der Waals surface area contributed by atoms with E-state index in [1.165, 1.54) is 0 Å². The largest absolute Gasteiger partial charge is 0.388 e. The van der Waals surface area contributed by atoms with Crippen LogP contribution >= 0.6 is 15.9 Å². The molecule has 1 rings (SSSR count). The highest BCUT2D eigenvalue weighted by molar-refractivity contribution is 9.10. The van der Waals surface area contributed by atoms with Crippen molar-refractivity contribution in [3.63, 3.8) is 0 Å². The molecular formula is C7H8BrN. The molecule has 0 saturated carbocycles. The molecule has 0 aliphatic rings. The molecule has 2 heteroatoms. The van der Waals surface area contributed by atoms with Crippen LogP contribution in [0, 0.1) is 0 Å². The van der Waals surface area contributed by atoms with E-state index in [4.69, 9.17) is 4.11 Å². The lowest BCUT2D eigenvalue weighted by Crippen LogP contribution is -1.85. The summed E-state index contributed by atoms with van der Waals surface area (Å²) in [7, 11) is 0. The molecule has 0 aromatic heterocycles. The lowest BCUT2D eigenvalue weighted by molar-refractivity contribution is 1.50. The Kier molecular flexibility index (Phi) is 1.15. The van der Waals surface area contributed by atoms with Crippen LogP contribution in [-0.2, 0) is 0 Å². The fraction of sp³-hybridized carbons (Fsp3) is 0.143. The van der Waals surface area contributed by atoms with E-state index in [0.717, 1.165) is 4.47 Å². The summed E-state index contributed by atoms with van der Waals surface area (Å²) >= 11 is 3.25. The van der Waals surface area contributed by atoms with Gasteiger partial charge in [-0.1, -0.05) is 22.0 Å². The molecule has 0 heterocycles. The Morgan fingerprint density at radius 2 is 2.56 bits per heavy atom. The minimum atomic E-state index is -2.12.